The maximum absolute atomic E-state index is 12.3. The van der Waals surface area contributed by atoms with E-state index in [-0.39, 0.29) is 18.2 Å². The van der Waals surface area contributed by atoms with Crippen LogP contribution in [-0.4, -0.2) is 17.1 Å². The standard InChI is InChI=1S/C17H15ClN2O2S/c1-10-6-7-11(18)8-13(10)19-16(21)9-15-17(22)20-12-4-2-3-5-14(12)23-15/h2-8,15H,9H2,1H3,(H,19,21)(H,20,22)/t15-/m0/s1. The van der Waals surface area contributed by atoms with E-state index in [1.807, 2.05) is 37.3 Å². The molecule has 2 amide bonds. The lowest BCUT2D eigenvalue weighted by Gasteiger charge is -2.23. The number of rotatable bonds is 3. The summed E-state index contributed by atoms with van der Waals surface area (Å²) >= 11 is 7.36. The van der Waals surface area contributed by atoms with Crippen molar-refractivity contribution >= 4 is 46.6 Å². The molecule has 118 valence electrons. The van der Waals surface area contributed by atoms with Crippen LogP contribution in [0.5, 0.6) is 0 Å². The van der Waals surface area contributed by atoms with E-state index in [9.17, 15) is 9.59 Å². The summed E-state index contributed by atoms with van der Waals surface area (Å²) in [6.45, 7) is 1.89. The lowest BCUT2D eigenvalue weighted by Crippen LogP contribution is -2.32. The molecule has 0 radical (unpaired) electrons. The number of hydrogen-bond donors (Lipinski definition) is 2. The molecule has 6 heteroatoms. The Balaban J connectivity index is 1.69. The normalized spacial score (nSPS) is 16.4. The van der Waals surface area contributed by atoms with Crippen molar-refractivity contribution < 1.29 is 9.59 Å². The molecule has 0 saturated heterocycles. The number of fused-ring (bicyclic) bond motifs is 1. The summed E-state index contributed by atoms with van der Waals surface area (Å²) in [4.78, 5) is 25.4. The highest BCUT2D eigenvalue weighted by atomic mass is 35.5. The molecule has 0 unspecified atom stereocenters. The van der Waals surface area contributed by atoms with Crippen LogP contribution in [0.15, 0.2) is 47.4 Å². The lowest BCUT2D eigenvalue weighted by molar-refractivity contribution is -0.120. The average molecular weight is 347 g/mol. The van der Waals surface area contributed by atoms with Crippen LogP contribution in [0.25, 0.3) is 0 Å². The van der Waals surface area contributed by atoms with Gasteiger partial charge in [-0.3, -0.25) is 9.59 Å². The molecule has 2 N–H and O–H groups in total. The van der Waals surface area contributed by atoms with Crippen LogP contribution in [0.3, 0.4) is 0 Å². The second-order valence-electron chi connectivity index (χ2n) is 5.30. The third-order valence-electron chi connectivity index (χ3n) is 3.55. The van der Waals surface area contributed by atoms with Crippen molar-refractivity contribution in [3.05, 3.63) is 53.1 Å². The van der Waals surface area contributed by atoms with Crippen molar-refractivity contribution in [2.24, 2.45) is 0 Å². The Labute approximate surface area is 143 Å². The van der Waals surface area contributed by atoms with E-state index in [0.29, 0.717) is 10.7 Å². The lowest BCUT2D eigenvalue weighted by atomic mass is 10.2. The van der Waals surface area contributed by atoms with E-state index in [0.717, 1.165) is 16.1 Å². The van der Waals surface area contributed by atoms with E-state index in [4.69, 9.17) is 11.6 Å². The van der Waals surface area contributed by atoms with Crippen LogP contribution < -0.4 is 10.6 Å². The molecule has 1 aliphatic heterocycles. The number of amides is 2. The van der Waals surface area contributed by atoms with Crippen LogP contribution in [0.4, 0.5) is 11.4 Å². The fourth-order valence-electron chi connectivity index (χ4n) is 2.33. The number of benzene rings is 2. The molecule has 4 nitrogen and oxygen atoms in total. The van der Waals surface area contributed by atoms with Crippen LogP contribution in [0, 0.1) is 6.92 Å². The van der Waals surface area contributed by atoms with Crippen molar-refractivity contribution in [3.8, 4) is 0 Å². The Hall–Kier alpha value is -1.98. The van der Waals surface area contributed by atoms with Gasteiger partial charge < -0.3 is 10.6 Å². The summed E-state index contributed by atoms with van der Waals surface area (Å²) in [7, 11) is 0. The van der Waals surface area contributed by atoms with Gasteiger partial charge in [-0.25, -0.2) is 0 Å². The molecule has 2 aromatic carbocycles. The number of halogens is 1. The number of carbonyl (C=O) groups excluding carboxylic acids is 2. The van der Waals surface area contributed by atoms with Crippen molar-refractivity contribution in [1.29, 1.82) is 0 Å². The van der Waals surface area contributed by atoms with Gasteiger partial charge in [0.05, 0.1) is 10.9 Å². The number of anilines is 2. The van der Waals surface area contributed by atoms with Crippen LogP contribution >= 0.6 is 23.4 Å². The fraction of sp³-hybridized carbons (Fsp3) is 0.176. The minimum Gasteiger partial charge on any atom is -0.326 e. The van der Waals surface area contributed by atoms with Gasteiger partial charge in [-0.05, 0) is 36.8 Å². The average Bonchev–Trinajstić information content (AvgIpc) is 2.51. The van der Waals surface area contributed by atoms with E-state index in [2.05, 4.69) is 10.6 Å². The van der Waals surface area contributed by atoms with Gasteiger partial charge >= 0.3 is 0 Å². The molecule has 23 heavy (non-hydrogen) atoms. The summed E-state index contributed by atoms with van der Waals surface area (Å²) in [5.41, 5.74) is 2.39. The Morgan fingerprint density at radius 2 is 2.09 bits per heavy atom. The topological polar surface area (TPSA) is 58.2 Å². The van der Waals surface area contributed by atoms with Gasteiger partial charge in [-0.1, -0.05) is 29.8 Å². The van der Waals surface area contributed by atoms with Gasteiger partial charge in [-0.15, -0.1) is 11.8 Å². The predicted molar refractivity (Wildman–Crippen MR) is 94.2 cm³/mol. The second kappa shape index (κ2) is 6.64. The first-order chi connectivity index (χ1) is 11.0. The molecule has 0 aliphatic carbocycles. The molecule has 0 bridgehead atoms. The number of para-hydroxylation sites is 1. The first-order valence-corrected chi connectivity index (χ1v) is 8.41. The van der Waals surface area contributed by atoms with Gasteiger partial charge in [0.1, 0.15) is 0 Å². The fourth-order valence-corrected chi connectivity index (χ4v) is 3.61. The van der Waals surface area contributed by atoms with E-state index in [1.54, 1.807) is 12.1 Å². The van der Waals surface area contributed by atoms with Gasteiger partial charge in [0.15, 0.2) is 0 Å². The van der Waals surface area contributed by atoms with Gasteiger partial charge in [0.2, 0.25) is 11.8 Å². The zero-order valence-corrected chi connectivity index (χ0v) is 14.0. The summed E-state index contributed by atoms with van der Waals surface area (Å²) in [6, 6.07) is 12.9. The first kappa shape index (κ1) is 15.9. The molecule has 0 saturated carbocycles. The van der Waals surface area contributed by atoms with E-state index >= 15 is 0 Å². The summed E-state index contributed by atoms with van der Waals surface area (Å²) in [5, 5.41) is 5.78. The molecule has 1 aliphatic rings. The maximum atomic E-state index is 12.3. The molecule has 0 fully saturated rings. The third kappa shape index (κ3) is 3.68. The van der Waals surface area contributed by atoms with E-state index in [1.165, 1.54) is 11.8 Å². The van der Waals surface area contributed by atoms with Crippen molar-refractivity contribution in [3.63, 3.8) is 0 Å². The van der Waals surface area contributed by atoms with Crippen LogP contribution in [-0.2, 0) is 9.59 Å². The highest BCUT2D eigenvalue weighted by Gasteiger charge is 2.28. The van der Waals surface area contributed by atoms with E-state index < -0.39 is 5.25 Å². The third-order valence-corrected chi connectivity index (χ3v) is 5.06. The summed E-state index contributed by atoms with van der Waals surface area (Å²) < 4.78 is 0. The Kier molecular flexibility index (Phi) is 4.59. The minimum atomic E-state index is -0.440. The Bertz CT molecular complexity index is 779. The molecule has 2 aromatic rings. The second-order valence-corrected chi connectivity index (χ2v) is 6.98. The maximum Gasteiger partial charge on any atom is 0.238 e. The van der Waals surface area contributed by atoms with Crippen molar-refractivity contribution in [2.75, 3.05) is 10.6 Å². The van der Waals surface area contributed by atoms with Crippen molar-refractivity contribution in [2.45, 2.75) is 23.5 Å². The number of carbonyl (C=O) groups is 2. The van der Waals surface area contributed by atoms with Gasteiger partial charge in [0.25, 0.3) is 0 Å². The van der Waals surface area contributed by atoms with Crippen molar-refractivity contribution in [1.82, 2.24) is 0 Å². The van der Waals surface area contributed by atoms with Crippen LogP contribution in [0.2, 0.25) is 5.02 Å². The zero-order chi connectivity index (χ0) is 16.4. The molecule has 1 heterocycles. The van der Waals surface area contributed by atoms with Gasteiger partial charge in [0, 0.05) is 22.0 Å². The Morgan fingerprint density at radius 3 is 2.91 bits per heavy atom. The molecule has 0 spiro atoms. The quantitative estimate of drug-likeness (QED) is 0.880. The van der Waals surface area contributed by atoms with Crippen LogP contribution in [0.1, 0.15) is 12.0 Å². The summed E-state index contributed by atoms with van der Waals surface area (Å²) in [6.07, 6.45) is 0.108. The summed E-state index contributed by atoms with van der Waals surface area (Å²) in [5.74, 6) is -0.353. The predicted octanol–water partition coefficient (Wildman–Crippen LogP) is 4.09. The monoisotopic (exact) mass is 346 g/mol. The largest absolute Gasteiger partial charge is 0.326 e. The molecule has 0 aromatic heterocycles. The Morgan fingerprint density at radius 1 is 1.30 bits per heavy atom. The SMILES string of the molecule is Cc1ccc(Cl)cc1NC(=O)C[C@@H]1Sc2ccccc2NC1=O. The number of aryl methyl sites for hydroxylation is 1. The van der Waals surface area contributed by atoms with Gasteiger partial charge in [-0.2, -0.15) is 0 Å². The first-order valence-electron chi connectivity index (χ1n) is 7.15. The highest BCUT2D eigenvalue weighted by Crippen LogP contribution is 2.36. The highest BCUT2D eigenvalue weighted by molar-refractivity contribution is 8.01. The zero-order valence-electron chi connectivity index (χ0n) is 12.4. The molecular weight excluding hydrogens is 332 g/mol. The minimum absolute atomic E-state index is 0.108. The smallest absolute Gasteiger partial charge is 0.238 e. The molecular formula is C17H15ClN2O2S. The number of hydrogen-bond acceptors (Lipinski definition) is 3. The molecule has 3 rings (SSSR count). The number of nitrogens with one attached hydrogen (secondary N) is 2. The molecule has 1 atom stereocenters. The number of thioether (sulfide) groups is 1.